The second-order valence-corrected chi connectivity index (χ2v) is 5.96. The van der Waals surface area contributed by atoms with Gasteiger partial charge >= 0.3 is 5.97 Å². The molecule has 0 unspecified atom stereocenters. The highest BCUT2D eigenvalue weighted by atomic mass is 16.5. The number of benzene rings is 2. The number of hydrogen-bond donors (Lipinski definition) is 1. The molecule has 0 aliphatic carbocycles. The molecule has 0 saturated carbocycles. The number of carbonyl (C=O) groups excluding carboxylic acids is 2. The van der Waals surface area contributed by atoms with Crippen LogP contribution in [-0.4, -0.2) is 30.0 Å². The van der Waals surface area contributed by atoms with Crippen LogP contribution in [0.3, 0.4) is 0 Å². The number of fused-ring (bicyclic) bond motifs is 1. The molecule has 1 heterocycles. The molecule has 6 heteroatoms. The van der Waals surface area contributed by atoms with Gasteiger partial charge in [-0.25, -0.2) is 4.79 Å². The molecule has 6 nitrogen and oxygen atoms in total. The van der Waals surface area contributed by atoms with Gasteiger partial charge in [0.05, 0.1) is 18.1 Å². The Morgan fingerprint density at radius 3 is 2.63 bits per heavy atom. The van der Waals surface area contributed by atoms with Gasteiger partial charge in [-0.05, 0) is 18.2 Å². The number of para-hydroxylation sites is 2. The summed E-state index contributed by atoms with van der Waals surface area (Å²) >= 11 is 0. The molecular weight excluding hydrogens is 342 g/mol. The van der Waals surface area contributed by atoms with Gasteiger partial charge in [-0.2, -0.15) is 5.26 Å². The van der Waals surface area contributed by atoms with E-state index in [0.29, 0.717) is 29.8 Å². The smallest absolute Gasteiger partial charge is 0.340 e. The molecule has 27 heavy (non-hydrogen) atoms. The minimum atomic E-state index is -0.554. The van der Waals surface area contributed by atoms with Crippen LogP contribution in [0.5, 0.6) is 0 Å². The third-order valence-electron chi connectivity index (χ3n) is 4.30. The second kappa shape index (κ2) is 8.19. The number of esters is 1. The molecule has 136 valence electrons. The van der Waals surface area contributed by atoms with Gasteiger partial charge in [-0.15, -0.1) is 0 Å². The van der Waals surface area contributed by atoms with Crippen molar-refractivity contribution in [3.05, 3.63) is 65.9 Å². The van der Waals surface area contributed by atoms with Gasteiger partial charge in [-0.1, -0.05) is 30.3 Å². The summed E-state index contributed by atoms with van der Waals surface area (Å²) in [5, 5.41) is 12.5. The number of anilines is 1. The van der Waals surface area contributed by atoms with Crippen LogP contribution >= 0.6 is 0 Å². The molecule has 0 saturated heterocycles. The van der Waals surface area contributed by atoms with Crippen LogP contribution in [0.15, 0.2) is 54.7 Å². The van der Waals surface area contributed by atoms with E-state index >= 15 is 0 Å². The van der Waals surface area contributed by atoms with Gasteiger partial charge in [-0.3, -0.25) is 4.79 Å². The summed E-state index contributed by atoms with van der Waals surface area (Å²) < 4.78 is 7.11. The third kappa shape index (κ3) is 3.82. The summed E-state index contributed by atoms with van der Waals surface area (Å²) in [4.78, 5) is 25.0. The van der Waals surface area contributed by atoms with Gasteiger partial charge in [0.25, 0.3) is 0 Å². The third-order valence-corrected chi connectivity index (χ3v) is 4.30. The number of Topliss-reactive ketones (excluding diaryl/α,β-unsaturated/α-hetero) is 1. The van der Waals surface area contributed by atoms with E-state index in [1.807, 2.05) is 34.9 Å². The zero-order chi connectivity index (χ0) is 19.2. The number of carbonyl (C=O) groups is 2. The molecule has 0 spiro atoms. The van der Waals surface area contributed by atoms with E-state index in [0.717, 1.165) is 10.9 Å². The van der Waals surface area contributed by atoms with Crippen LogP contribution in [0.2, 0.25) is 0 Å². The SMILES string of the molecule is CNc1ccccc1C(=O)OCC(=O)c1cn(CCC#N)c2ccccc12. The summed E-state index contributed by atoms with van der Waals surface area (Å²) in [6.07, 6.45) is 2.07. The predicted octanol–water partition coefficient (Wildman–Crippen LogP) is 3.64. The van der Waals surface area contributed by atoms with E-state index in [-0.39, 0.29) is 12.4 Å². The van der Waals surface area contributed by atoms with Gasteiger partial charge in [0.1, 0.15) is 0 Å². The second-order valence-electron chi connectivity index (χ2n) is 5.96. The number of nitrogens with one attached hydrogen (secondary N) is 1. The molecule has 0 aliphatic rings. The fraction of sp³-hybridized carbons (Fsp3) is 0.190. The van der Waals surface area contributed by atoms with Crippen LogP contribution in [0.1, 0.15) is 27.1 Å². The van der Waals surface area contributed by atoms with Gasteiger partial charge in [0.2, 0.25) is 5.78 Å². The quantitative estimate of drug-likeness (QED) is 0.513. The number of aryl methyl sites for hydroxylation is 1. The number of rotatable bonds is 7. The summed E-state index contributed by atoms with van der Waals surface area (Å²) in [7, 11) is 1.72. The first-order valence-electron chi connectivity index (χ1n) is 8.57. The van der Waals surface area contributed by atoms with E-state index in [1.54, 1.807) is 31.4 Å². The van der Waals surface area contributed by atoms with E-state index in [2.05, 4.69) is 11.4 Å². The first-order chi connectivity index (χ1) is 13.2. The van der Waals surface area contributed by atoms with Crippen molar-refractivity contribution in [2.75, 3.05) is 19.0 Å². The summed E-state index contributed by atoms with van der Waals surface area (Å²) in [5.74, 6) is -0.835. The minimum absolute atomic E-state index is 0.280. The van der Waals surface area contributed by atoms with Crippen molar-refractivity contribution in [1.29, 1.82) is 5.26 Å². The normalized spacial score (nSPS) is 10.4. The molecule has 0 radical (unpaired) electrons. The largest absolute Gasteiger partial charge is 0.454 e. The Bertz CT molecular complexity index is 1030. The molecule has 2 aromatic carbocycles. The molecule has 0 amide bonds. The van der Waals surface area contributed by atoms with Gasteiger partial charge in [0, 0.05) is 41.9 Å². The van der Waals surface area contributed by atoms with Crippen molar-refractivity contribution in [2.45, 2.75) is 13.0 Å². The maximum absolute atomic E-state index is 12.7. The van der Waals surface area contributed by atoms with Crippen LogP contribution in [0, 0.1) is 11.3 Å². The zero-order valence-electron chi connectivity index (χ0n) is 14.9. The van der Waals surface area contributed by atoms with Gasteiger partial charge in [0.15, 0.2) is 6.61 Å². The number of ether oxygens (including phenoxy) is 1. The molecule has 3 aromatic rings. The minimum Gasteiger partial charge on any atom is -0.454 e. The lowest BCUT2D eigenvalue weighted by atomic mass is 10.1. The Labute approximate surface area is 157 Å². The molecule has 0 bridgehead atoms. The average Bonchev–Trinajstić information content (AvgIpc) is 3.09. The van der Waals surface area contributed by atoms with Crippen LogP contribution in [0.4, 0.5) is 5.69 Å². The maximum Gasteiger partial charge on any atom is 0.340 e. The van der Waals surface area contributed by atoms with E-state index in [4.69, 9.17) is 10.00 Å². The van der Waals surface area contributed by atoms with Crippen LogP contribution in [-0.2, 0) is 11.3 Å². The summed E-state index contributed by atoms with van der Waals surface area (Å²) in [5.41, 5.74) is 2.38. The zero-order valence-corrected chi connectivity index (χ0v) is 14.9. The van der Waals surface area contributed by atoms with Crippen LogP contribution in [0.25, 0.3) is 10.9 Å². The number of nitrogens with zero attached hydrogens (tertiary/aromatic N) is 2. The Hall–Kier alpha value is -3.59. The molecule has 3 rings (SSSR count). The Balaban J connectivity index is 1.78. The first kappa shape index (κ1) is 18.2. The first-order valence-corrected chi connectivity index (χ1v) is 8.57. The van der Waals surface area contributed by atoms with Gasteiger partial charge < -0.3 is 14.6 Å². The van der Waals surface area contributed by atoms with Crippen LogP contribution < -0.4 is 5.32 Å². The highest BCUT2D eigenvalue weighted by molar-refractivity contribution is 6.09. The molecule has 0 fully saturated rings. The van der Waals surface area contributed by atoms with E-state index < -0.39 is 5.97 Å². The number of nitriles is 1. The van der Waals surface area contributed by atoms with Crippen molar-refractivity contribution >= 4 is 28.3 Å². The molecular formula is C21H19N3O3. The highest BCUT2D eigenvalue weighted by Gasteiger charge is 2.18. The van der Waals surface area contributed by atoms with E-state index in [1.165, 1.54) is 0 Å². The molecule has 1 aromatic heterocycles. The fourth-order valence-electron chi connectivity index (χ4n) is 2.99. The highest BCUT2D eigenvalue weighted by Crippen LogP contribution is 2.23. The van der Waals surface area contributed by atoms with Crippen molar-refractivity contribution in [1.82, 2.24) is 4.57 Å². The lowest BCUT2D eigenvalue weighted by Gasteiger charge is -2.08. The lowest BCUT2D eigenvalue weighted by molar-refractivity contribution is 0.0476. The summed E-state index contributed by atoms with van der Waals surface area (Å²) in [6.45, 7) is 0.156. The molecule has 0 aliphatic heterocycles. The standard InChI is InChI=1S/C21H19N3O3/c1-23-18-9-4-2-8-16(18)21(26)27-14-20(25)17-13-24(12-6-11-22)19-10-5-3-7-15(17)19/h2-5,7-10,13,23H,6,12,14H2,1H3. The summed E-state index contributed by atoms with van der Waals surface area (Å²) in [6, 6.07) is 16.6. The fourth-order valence-corrected chi connectivity index (χ4v) is 2.99. The number of ketones is 1. The monoisotopic (exact) mass is 361 g/mol. The topological polar surface area (TPSA) is 84.1 Å². The molecule has 1 N–H and O–H groups in total. The number of aromatic nitrogens is 1. The maximum atomic E-state index is 12.7. The Morgan fingerprint density at radius 1 is 1.11 bits per heavy atom. The lowest BCUT2D eigenvalue weighted by Crippen LogP contribution is -2.15. The predicted molar refractivity (Wildman–Crippen MR) is 103 cm³/mol. The van der Waals surface area contributed by atoms with Crippen molar-refractivity contribution in [3.8, 4) is 6.07 Å². The Morgan fingerprint density at radius 2 is 1.85 bits per heavy atom. The van der Waals surface area contributed by atoms with Crippen molar-refractivity contribution < 1.29 is 14.3 Å². The number of hydrogen-bond acceptors (Lipinski definition) is 5. The molecule has 0 atom stereocenters. The van der Waals surface area contributed by atoms with E-state index in [9.17, 15) is 9.59 Å². The average molecular weight is 361 g/mol. The van der Waals surface area contributed by atoms with Crippen molar-refractivity contribution in [3.63, 3.8) is 0 Å². The Kier molecular flexibility index (Phi) is 5.53. The van der Waals surface area contributed by atoms with Crippen molar-refractivity contribution in [2.24, 2.45) is 0 Å².